The van der Waals surface area contributed by atoms with Crippen LogP contribution in [0.5, 0.6) is 0 Å². The number of oxazole rings is 1. The minimum atomic E-state index is 0.744. The first kappa shape index (κ1) is 10.9. The predicted octanol–water partition coefficient (Wildman–Crippen LogP) is 2.40. The van der Waals surface area contributed by atoms with Crippen LogP contribution in [-0.2, 0) is 6.42 Å². The van der Waals surface area contributed by atoms with Crippen LogP contribution in [0.4, 0.5) is 0 Å². The predicted molar refractivity (Wildman–Crippen MR) is 67.1 cm³/mol. The van der Waals surface area contributed by atoms with Gasteiger partial charge in [-0.3, -0.25) is 0 Å². The topological polar surface area (TPSA) is 51.0 Å². The Morgan fingerprint density at radius 2 is 2.29 bits per heavy atom. The van der Waals surface area contributed by atoms with E-state index in [0.717, 1.165) is 40.5 Å². The van der Waals surface area contributed by atoms with E-state index in [1.165, 1.54) is 12.8 Å². The van der Waals surface area contributed by atoms with Gasteiger partial charge in [0.2, 0.25) is 0 Å². The number of hydrogen-bond acceptors (Lipinski definition) is 5. The van der Waals surface area contributed by atoms with Crippen molar-refractivity contribution in [1.29, 1.82) is 0 Å². The minimum absolute atomic E-state index is 0.744. The van der Waals surface area contributed by atoms with Gasteiger partial charge in [-0.25, -0.2) is 9.97 Å². The van der Waals surface area contributed by atoms with Crippen LogP contribution in [-0.4, -0.2) is 22.6 Å². The molecule has 3 rings (SSSR count). The highest BCUT2D eigenvalue weighted by Crippen LogP contribution is 2.26. The molecule has 0 amide bonds. The first-order valence-electron chi connectivity index (χ1n) is 5.92. The van der Waals surface area contributed by atoms with Crippen molar-refractivity contribution in [1.82, 2.24) is 15.3 Å². The summed E-state index contributed by atoms with van der Waals surface area (Å²) in [5, 5.41) is 4.50. The van der Waals surface area contributed by atoms with Gasteiger partial charge in [0.25, 0.3) is 0 Å². The van der Waals surface area contributed by atoms with Gasteiger partial charge >= 0.3 is 0 Å². The molecule has 0 bridgehead atoms. The first-order valence-corrected chi connectivity index (χ1v) is 6.74. The van der Waals surface area contributed by atoms with E-state index in [2.05, 4.69) is 15.3 Å². The molecule has 2 aromatic heterocycles. The third-order valence-corrected chi connectivity index (χ3v) is 3.69. The van der Waals surface area contributed by atoms with Crippen molar-refractivity contribution in [2.45, 2.75) is 32.2 Å². The standard InChI is InChI=1S/C12H15N3OS/c1-8-14-7-11(17-8)10-6-15-12(16-10)4-5-13-9-2-3-9/h6-7,9,13H,2-5H2,1H3. The van der Waals surface area contributed by atoms with Gasteiger partial charge in [-0.1, -0.05) is 0 Å². The number of rotatable bonds is 5. The maximum absolute atomic E-state index is 5.70. The van der Waals surface area contributed by atoms with Crippen molar-refractivity contribution in [2.24, 2.45) is 0 Å². The second-order valence-electron chi connectivity index (χ2n) is 4.34. The van der Waals surface area contributed by atoms with E-state index in [1.807, 2.05) is 13.1 Å². The van der Waals surface area contributed by atoms with Crippen LogP contribution < -0.4 is 5.32 Å². The fourth-order valence-corrected chi connectivity index (χ4v) is 2.41. The number of aryl methyl sites for hydroxylation is 1. The maximum atomic E-state index is 5.70. The smallest absolute Gasteiger partial charge is 0.196 e. The number of nitrogens with one attached hydrogen (secondary N) is 1. The molecule has 90 valence electrons. The van der Waals surface area contributed by atoms with Crippen LogP contribution in [0.3, 0.4) is 0 Å². The number of hydrogen-bond donors (Lipinski definition) is 1. The zero-order valence-corrected chi connectivity index (χ0v) is 10.6. The lowest BCUT2D eigenvalue weighted by atomic mass is 10.4. The van der Waals surface area contributed by atoms with Crippen LogP contribution in [0.15, 0.2) is 16.8 Å². The Bertz CT molecular complexity index is 501. The lowest BCUT2D eigenvalue weighted by molar-refractivity contribution is 0.495. The second kappa shape index (κ2) is 4.58. The van der Waals surface area contributed by atoms with Crippen molar-refractivity contribution < 1.29 is 4.42 Å². The summed E-state index contributed by atoms with van der Waals surface area (Å²) in [6.07, 6.45) is 7.12. The van der Waals surface area contributed by atoms with Crippen LogP contribution in [0, 0.1) is 6.92 Å². The van der Waals surface area contributed by atoms with Gasteiger partial charge in [0.1, 0.15) is 0 Å². The highest BCUT2D eigenvalue weighted by atomic mass is 32.1. The van der Waals surface area contributed by atoms with Crippen LogP contribution in [0.25, 0.3) is 10.6 Å². The second-order valence-corrected chi connectivity index (χ2v) is 5.57. The Labute approximate surface area is 104 Å². The van der Waals surface area contributed by atoms with Gasteiger partial charge < -0.3 is 9.73 Å². The fourth-order valence-electron chi connectivity index (χ4n) is 1.69. The number of thiazole rings is 1. The van der Waals surface area contributed by atoms with E-state index in [0.29, 0.717) is 0 Å². The van der Waals surface area contributed by atoms with Crippen molar-refractivity contribution in [3.63, 3.8) is 0 Å². The van der Waals surface area contributed by atoms with E-state index in [9.17, 15) is 0 Å². The molecule has 0 radical (unpaired) electrons. The van der Waals surface area contributed by atoms with Crippen molar-refractivity contribution in [3.05, 3.63) is 23.3 Å². The molecular formula is C12H15N3OS. The van der Waals surface area contributed by atoms with Crippen molar-refractivity contribution in [3.8, 4) is 10.6 Å². The summed E-state index contributed by atoms with van der Waals surface area (Å²) < 4.78 is 5.70. The molecule has 1 aliphatic rings. The number of nitrogens with zero attached hydrogens (tertiary/aromatic N) is 2. The summed E-state index contributed by atoms with van der Waals surface area (Å²) in [5.74, 6) is 1.64. The van der Waals surface area contributed by atoms with Crippen molar-refractivity contribution >= 4 is 11.3 Å². The molecule has 17 heavy (non-hydrogen) atoms. The molecule has 1 aliphatic carbocycles. The summed E-state index contributed by atoms with van der Waals surface area (Å²) in [6.45, 7) is 2.94. The van der Waals surface area contributed by atoms with Crippen LogP contribution in [0.2, 0.25) is 0 Å². The highest BCUT2D eigenvalue weighted by molar-refractivity contribution is 7.14. The van der Waals surface area contributed by atoms with E-state index in [-0.39, 0.29) is 0 Å². The Balaban J connectivity index is 1.61. The molecule has 0 atom stereocenters. The van der Waals surface area contributed by atoms with Crippen LogP contribution >= 0.6 is 11.3 Å². The molecule has 2 aromatic rings. The highest BCUT2D eigenvalue weighted by Gasteiger charge is 2.20. The fraction of sp³-hybridized carbons (Fsp3) is 0.500. The molecule has 0 saturated heterocycles. The quantitative estimate of drug-likeness (QED) is 0.884. The van der Waals surface area contributed by atoms with Gasteiger partial charge in [-0.15, -0.1) is 11.3 Å². The van der Waals surface area contributed by atoms with E-state index < -0.39 is 0 Å². The summed E-state index contributed by atoms with van der Waals surface area (Å²) in [7, 11) is 0. The molecule has 0 aromatic carbocycles. The Hall–Kier alpha value is -1.20. The van der Waals surface area contributed by atoms with E-state index >= 15 is 0 Å². The van der Waals surface area contributed by atoms with Gasteiger partial charge in [0.15, 0.2) is 11.7 Å². The zero-order valence-electron chi connectivity index (χ0n) is 9.77. The average molecular weight is 249 g/mol. The summed E-state index contributed by atoms with van der Waals surface area (Å²) in [4.78, 5) is 9.56. The van der Waals surface area contributed by atoms with E-state index in [1.54, 1.807) is 17.5 Å². The van der Waals surface area contributed by atoms with Gasteiger partial charge in [0.05, 0.1) is 16.1 Å². The monoisotopic (exact) mass is 249 g/mol. The summed E-state index contributed by atoms with van der Waals surface area (Å²) >= 11 is 1.63. The average Bonchev–Trinajstić information content (AvgIpc) is 2.85. The molecule has 1 N–H and O–H groups in total. The van der Waals surface area contributed by atoms with E-state index in [4.69, 9.17) is 4.42 Å². The lowest BCUT2D eigenvalue weighted by Crippen LogP contribution is -2.19. The summed E-state index contributed by atoms with van der Waals surface area (Å²) in [6, 6.07) is 0.744. The lowest BCUT2D eigenvalue weighted by Gasteiger charge is -1.98. The van der Waals surface area contributed by atoms with Gasteiger partial charge in [0, 0.05) is 25.2 Å². The maximum Gasteiger partial charge on any atom is 0.196 e. The molecule has 2 heterocycles. The minimum Gasteiger partial charge on any atom is -0.440 e. The Morgan fingerprint density at radius 3 is 3.00 bits per heavy atom. The first-order chi connectivity index (χ1) is 8.31. The molecule has 0 unspecified atom stereocenters. The molecule has 0 aliphatic heterocycles. The Morgan fingerprint density at radius 1 is 1.41 bits per heavy atom. The molecule has 4 nitrogen and oxygen atoms in total. The molecule has 5 heteroatoms. The molecular weight excluding hydrogens is 234 g/mol. The summed E-state index contributed by atoms with van der Waals surface area (Å²) in [5.41, 5.74) is 0. The largest absolute Gasteiger partial charge is 0.440 e. The van der Waals surface area contributed by atoms with Crippen LogP contribution in [0.1, 0.15) is 23.7 Å². The number of aromatic nitrogens is 2. The van der Waals surface area contributed by atoms with Gasteiger partial charge in [-0.2, -0.15) is 0 Å². The normalized spacial score (nSPS) is 15.4. The third kappa shape index (κ3) is 2.73. The SMILES string of the molecule is Cc1ncc(-c2cnc(CCNC3CC3)o2)s1. The van der Waals surface area contributed by atoms with Gasteiger partial charge in [-0.05, 0) is 19.8 Å². The molecule has 0 spiro atoms. The Kier molecular flexibility index (Phi) is 2.94. The third-order valence-electron chi connectivity index (χ3n) is 2.77. The molecule has 1 fully saturated rings. The van der Waals surface area contributed by atoms with Crippen molar-refractivity contribution in [2.75, 3.05) is 6.54 Å². The zero-order chi connectivity index (χ0) is 11.7. The molecule has 1 saturated carbocycles.